The fourth-order valence-corrected chi connectivity index (χ4v) is 3.45. The van der Waals surface area contributed by atoms with Crippen molar-refractivity contribution in [1.29, 1.82) is 0 Å². The Morgan fingerprint density at radius 1 is 1.03 bits per heavy atom. The van der Waals surface area contributed by atoms with Crippen molar-refractivity contribution in [2.75, 3.05) is 13.1 Å². The Hall–Kier alpha value is -3.65. The summed E-state index contributed by atoms with van der Waals surface area (Å²) < 4.78 is 11.5. The highest BCUT2D eigenvalue weighted by atomic mass is 16.5. The third kappa shape index (κ3) is 6.43. The lowest BCUT2D eigenvalue weighted by Gasteiger charge is -2.15. The van der Waals surface area contributed by atoms with Gasteiger partial charge in [-0.05, 0) is 68.4 Å². The Labute approximate surface area is 193 Å². The number of carbonyl (C=O) groups excluding carboxylic acids is 2. The van der Waals surface area contributed by atoms with Crippen LogP contribution in [0.5, 0.6) is 5.75 Å². The summed E-state index contributed by atoms with van der Waals surface area (Å²) in [5.74, 6) is 0.616. The van der Waals surface area contributed by atoms with Gasteiger partial charge in [-0.25, -0.2) is 0 Å². The van der Waals surface area contributed by atoms with E-state index in [1.165, 1.54) is 0 Å². The molecule has 174 valence electrons. The second-order valence-electron chi connectivity index (χ2n) is 7.72. The van der Waals surface area contributed by atoms with Gasteiger partial charge in [0.1, 0.15) is 18.1 Å². The first-order valence-corrected chi connectivity index (χ1v) is 11.0. The van der Waals surface area contributed by atoms with Crippen LogP contribution >= 0.6 is 0 Å². The van der Waals surface area contributed by atoms with Gasteiger partial charge in [0.25, 0.3) is 5.91 Å². The number of nitrogens with zero attached hydrogens (tertiary/aromatic N) is 2. The third-order valence-electron chi connectivity index (χ3n) is 5.28. The molecule has 2 N–H and O–H groups in total. The van der Waals surface area contributed by atoms with E-state index in [2.05, 4.69) is 34.6 Å². The molecule has 2 aromatic heterocycles. The summed E-state index contributed by atoms with van der Waals surface area (Å²) in [5, 5.41) is 0. The predicted octanol–water partition coefficient (Wildman–Crippen LogP) is 3.79. The number of hydrazine groups is 1. The molecule has 0 radical (unpaired) electrons. The van der Waals surface area contributed by atoms with Crippen molar-refractivity contribution in [3.8, 4) is 5.75 Å². The minimum absolute atomic E-state index is 0.143. The van der Waals surface area contributed by atoms with Gasteiger partial charge in [-0.3, -0.25) is 30.3 Å². The van der Waals surface area contributed by atoms with Crippen molar-refractivity contribution in [2.24, 2.45) is 0 Å². The molecule has 0 aliphatic carbocycles. The van der Waals surface area contributed by atoms with Crippen LogP contribution in [0.2, 0.25) is 0 Å². The summed E-state index contributed by atoms with van der Waals surface area (Å²) in [4.78, 5) is 31.2. The number of pyridine rings is 1. The first-order valence-electron chi connectivity index (χ1n) is 11.0. The second-order valence-corrected chi connectivity index (χ2v) is 7.72. The Morgan fingerprint density at radius 2 is 1.73 bits per heavy atom. The number of furan rings is 1. The van der Waals surface area contributed by atoms with Crippen molar-refractivity contribution < 1.29 is 18.7 Å². The molecule has 0 saturated carbocycles. The van der Waals surface area contributed by atoms with E-state index >= 15 is 0 Å². The third-order valence-corrected chi connectivity index (χ3v) is 5.28. The zero-order chi connectivity index (χ0) is 23.8. The van der Waals surface area contributed by atoms with Crippen LogP contribution in [0, 0.1) is 13.8 Å². The first-order chi connectivity index (χ1) is 15.9. The fraction of sp³-hybridized carbons (Fsp3) is 0.320. The maximum Gasteiger partial charge on any atom is 0.305 e. The van der Waals surface area contributed by atoms with Crippen molar-refractivity contribution in [2.45, 2.75) is 40.8 Å². The Morgan fingerprint density at radius 3 is 2.36 bits per heavy atom. The van der Waals surface area contributed by atoms with Crippen LogP contribution < -0.4 is 15.6 Å². The summed E-state index contributed by atoms with van der Waals surface area (Å²) in [6, 6.07) is 10.6. The molecule has 0 spiro atoms. The average molecular weight is 451 g/mol. The number of ether oxygens (including phenoxy) is 1. The van der Waals surface area contributed by atoms with E-state index in [-0.39, 0.29) is 5.76 Å². The molecule has 0 fully saturated rings. The van der Waals surface area contributed by atoms with E-state index in [0.29, 0.717) is 24.5 Å². The van der Waals surface area contributed by atoms with Crippen LogP contribution in [-0.2, 0) is 13.2 Å². The standard InChI is InChI=1S/C25H30N4O4/c1-5-29(6-2)15-21-9-10-22(33-21)25(31)28-27-24(30)20-12-17(3)23(18(4)13-20)32-16-19-8-7-11-26-14-19/h7-14H,5-6,15-16H2,1-4H3,(H,27,30)(H,28,31). The lowest BCUT2D eigenvalue weighted by molar-refractivity contribution is 0.0828. The number of rotatable bonds is 9. The van der Waals surface area contributed by atoms with Crippen LogP contribution in [0.25, 0.3) is 0 Å². The van der Waals surface area contributed by atoms with Crippen molar-refractivity contribution in [3.63, 3.8) is 0 Å². The van der Waals surface area contributed by atoms with Gasteiger partial charge in [0.05, 0.1) is 6.54 Å². The highest BCUT2D eigenvalue weighted by molar-refractivity contribution is 5.98. The van der Waals surface area contributed by atoms with E-state index in [1.807, 2.05) is 26.0 Å². The highest BCUT2D eigenvalue weighted by Crippen LogP contribution is 2.25. The molecule has 0 bridgehead atoms. The van der Waals surface area contributed by atoms with Crippen molar-refractivity contribution in [3.05, 3.63) is 82.6 Å². The molecule has 0 saturated heterocycles. The quantitative estimate of drug-likeness (QED) is 0.482. The molecular formula is C25H30N4O4. The SMILES string of the molecule is CCN(CC)Cc1ccc(C(=O)NNC(=O)c2cc(C)c(OCc3cccnc3)c(C)c2)o1. The Kier molecular flexibility index (Phi) is 8.21. The molecule has 33 heavy (non-hydrogen) atoms. The van der Waals surface area contributed by atoms with Gasteiger partial charge in [-0.2, -0.15) is 0 Å². The van der Waals surface area contributed by atoms with Gasteiger partial charge < -0.3 is 9.15 Å². The second kappa shape index (κ2) is 11.3. The number of aromatic nitrogens is 1. The van der Waals surface area contributed by atoms with E-state index < -0.39 is 11.8 Å². The van der Waals surface area contributed by atoms with Gasteiger partial charge in [-0.15, -0.1) is 0 Å². The summed E-state index contributed by atoms with van der Waals surface area (Å²) in [6.07, 6.45) is 3.46. The number of benzene rings is 1. The first kappa shape index (κ1) is 24.0. The summed E-state index contributed by atoms with van der Waals surface area (Å²) in [5.41, 5.74) is 7.87. The number of aryl methyl sites for hydroxylation is 2. The minimum atomic E-state index is -0.515. The topological polar surface area (TPSA) is 96.7 Å². The highest BCUT2D eigenvalue weighted by Gasteiger charge is 2.16. The van der Waals surface area contributed by atoms with Crippen LogP contribution in [0.3, 0.4) is 0 Å². The van der Waals surface area contributed by atoms with Gasteiger partial charge in [0, 0.05) is 23.5 Å². The molecule has 3 aromatic rings. The van der Waals surface area contributed by atoms with Crippen LogP contribution in [0.4, 0.5) is 0 Å². The molecule has 0 aliphatic rings. The number of carbonyl (C=O) groups is 2. The number of amides is 2. The molecule has 2 amide bonds. The molecule has 2 heterocycles. The normalized spacial score (nSPS) is 10.8. The maximum absolute atomic E-state index is 12.6. The Bertz CT molecular complexity index is 1070. The van der Waals surface area contributed by atoms with Crippen molar-refractivity contribution in [1.82, 2.24) is 20.7 Å². The number of hydrogen-bond donors (Lipinski definition) is 2. The van der Waals surface area contributed by atoms with E-state index in [9.17, 15) is 9.59 Å². The molecule has 3 rings (SSSR count). The van der Waals surface area contributed by atoms with Gasteiger partial charge >= 0.3 is 5.91 Å². The van der Waals surface area contributed by atoms with Gasteiger partial charge in [0.2, 0.25) is 0 Å². The molecule has 8 heteroatoms. The van der Waals surface area contributed by atoms with Crippen molar-refractivity contribution >= 4 is 11.8 Å². The number of hydrogen-bond acceptors (Lipinski definition) is 6. The lowest BCUT2D eigenvalue weighted by atomic mass is 10.1. The molecule has 1 aromatic carbocycles. The predicted molar refractivity (Wildman–Crippen MR) is 125 cm³/mol. The average Bonchev–Trinajstić information content (AvgIpc) is 3.29. The van der Waals surface area contributed by atoms with E-state index in [4.69, 9.17) is 9.15 Å². The molecule has 0 unspecified atom stereocenters. The fourth-order valence-electron chi connectivity index (χ4n) is 3.45. The van der Waals surface area contributed by atoms with Gasteiger partial charge in [0.15, 0.2) is 5.76 Å². The van der Waals surface area contributed by atoms with E-state index in [0.717, 1.165) is 35.5 Å². The Balaban J connectivity index is 1.58. The van der Waals surface area contributed by atoms with Crippen LogP contribution in [0.15, 0.2) is 53.2 Å². The molecule has 0 aliphatic heterocycles. The molecular weight excluding hydrogens is 420 g/mol. The lowest BCUT2D eigenvalue weighted by Crippen LogP contribution is -2.41. The summed E-state index contributed by atoms with van der Waals surface area (Å²) in [7, 11) is 0. The molecule has 8 nitrogen and oxygen atoms in total. The monoisotopic (exact) mass is 450 g/mol. The summed E-state index contributed by atoms with van der Waals surface area (Å²) in [6.45, 7) is 10.7. The smallest absolute Gasteiger partial charge is 0.305 e. The minimum Gasteiger partial charge on any atom is -0.488 e. The van der Waals surface area contributed by atoms with Gasteiger partial charge in [-0.1, -0.05) is 19.9 Å². The maximum atomic E-state index is 12.6. The van der Waals surface area contributed by atoms with Crippen LogP contribution in [-0.4, -0.2) is 34.8 Å². The zero-order valence-electron chi connectivity index (χ0n) is 19.5. The summed E-state index contributed by atoms with van der Waals surface area (Å²) >= 11 is 0. The number of nitrogens with one attached hydrogen (secondary N) is 2. The zero-order valence-corrected chi connectivity index (χ0v) is 19.5. The molecule has 0 atom stereocenters. The van der Waals surface area contributed by atoms with Crippen LogP contribution in [0.1, 0.15) is 57.2 Å². The largest absolute Gasteiger partial charge is 0.488 e. The van der Waals surface area contributed by atoms with E-state index in [1.54, 1.807) is 36.7 Å².